The highest BCUT2D eigenvalue weighted by Gasteiger charge is 2.23. The number of nitrogens with one attached hydrogen (secondary N) is 1. The summed E-state index contributed by atoms with van der Waals surface area (Å²) in [7, 11) is 1.23. The molecule has 0 saturated heterocycles. The Morgan fingerprint density at radius 1 is 0.529 bits per heavy atom. The first kappa shape index (κ1) is 67.4. The molecule has 0 heterocycles. The largest absolute Gasteiger partial charge is 0.756 e. The predicted octanol–water partition coefficient (Wildman–Crippen LogP) is 16.8. The van der Waals surface area contributed by atoms with E-state index in [1.54, 1.807) is 6.08 Å². The quantitative estimate of drug-likeness (QED) is 0.0272. The van der Waals surface area contributed by atoms with Gasteiger partial charge in [0, 0.05) is 6.42 Å². The number of carbonyl (C=O) groups is 1. The maximum atomic E-state index is 12.9. The minimum Gasteiger partial charge on any atom is -0.756 e. The smallest absolute Gasteiger partial charge is 0.268 e. The van der Waals surface area contributed by atoms with Gasteiger partial charge in [0.25, 0.3) is 7.82 Å². The summed E-state index contributed by atoms with van der Waals surface area (Å²) >= 11 is 0. The molecule has 2 N–H and O–H groups in total. The van der Waals surface area contributed by atoms with E-state index in [0.29, 0.717) is 17.4 Å². The first-order valence-corrected chi connectivity index (χ1v) is 30.0. The molecule has 3 unspecified atom stereocenters. The molecule has 0 radical (unpaired) electrons. The van der Waals surface area contributed by atoms with Crippen LogP contribution in [-0.4, -0.2) is 68.5 Å². The van der Waals surface area contributed by atoms with Crippen molar-refractivity contribution in [1.29, 1.82) is 0 Å². The van der Waals surface area contributed by atoms with Crippen LogP contribution in [0.3, 0.4) is 0 Å². The van der Waals surface area contributed by atoms with E-state index in [4.69, 9.17) is 9.05 Å². The molecule has 0 saturated carbocycles. The summed E-state index contributed by atoms with van der Waals surface area (Å²) in [4.78, 5) is 25.3. The Balaban J connectivity index is 3.85. The number of phosphoric acid groups is 1. The lowest BCUT2D eigenvalue weighted by Crippen LogP contribution is -2.45. The number of amides is 1. The number of hydrogen-bond donors (Lipinski definition) is 2. The first-order valence-electron chi connectivity index (χ1n) is 28.6. The lowest BCUT2D eigenvalue weighted by atomic mass is 10.0. The Morgan fingerprint density at radius 3 is 1.33 bits per heavy atom. The van der Waals surface area contributed by atoms with Crippen LogP contribution < -0.4 is 10.2 Å². The van der Waals surface area contributed by atoms with Gasteiger partial charge in [0.2, 0.25) is 5.91 Å². The van der Waals surface area contributed by atoms with Crippen LogP contribution in [0.1, 0.15) is 232 Å². The molecule has 1 amide bonds. The maximum Gasteiger partial charge on any atom is 0.268 e. The highest BCUT2D eigenvalue weighted by Crippen LogP contribution is 2.38. The number of likely N-dealkylation sites (N-methyl/N-ethyl adjacent to an activating group) is 1. The monoisotopic (exact) mass is 997 g/mol. The second kappa shape index (κ2) is 51.3. The highest BCUT2D eigenvalue weighted by atomic mass is 31.2. The lowest BCUT2D eigenvalue weighted by Gasteiger charge is -2.29. The fourth-order valence-electron chi connectivity index (χ4n) is 7.93. The Bertz CT molecular complexity index is 1460. The Kier molecular flexibility index (Phi) is 49.4. The summed E-state index contributed by atoms with van der Waals surface area (Å²) in [6.45, 7) is 4.26. The SMILES string of the molecule is C/C=C/CC/C=C/CC/C=C/C(O)C(COP(=O)([O-])OCC[N+](C)(C)C)NC(=O)CCCCCCCCCCCCCCCCCCCCCCCCC/C=C\C/C=C\C/C=C\C/C=C\C/C=C\CC. The van der Waals surface area contributed by atoms with Crippen molar-refractivity contribution < 1.29 is 32.9 Å². The number of aliphatic hydroxyl groups excluding tert-OH is 1. The fourth-order valence-corrected chi connectivity index (χ4v) is 8.65. The van der Waals surface area contributed by atoms with Crippen LogP contribution in [0, 0.1) is 0 Å². The van der Waals surface area contributed by atoms with Crippen molar-refractivity contribution in [3.05, 3.63) is 97.2 Å². The summed E-state index contributed by atoms with van der Waals surface area (Å²) in [6.07, 6.45) is 74.1. The van der Waals surface area contributed by atoms with Gasteiger partial charge < -0.3 is 28.8 Å². The standard InChI is InChI=1S/C61H109N2O6P/c1-6-8-10-12-14-16-17-18-19-20-21-22-23-24-25-26-27-28-29-30-31-32-33-34-35-36-37-38-39-40-41-42-43-44-45-47-49-51-53-55-61(65)62-59(58-69-70(66,67)68-57-56-63(3,4)5)60(64)54-52-50-48-46-15-13-11-9-7-2/h7-10,14-16,18-19,21-22,24-25,46,52,54,59-60,64H,6,11-13,17,20,23,26-45,47-51,53,55-58H2,1-5H3,(H-,62,65,66,67)/b9-7+,10-8-,16-14-,19-18-,22-21-,25-24-,46-15+,54-52+. The van der Waals surface area contributed by atoms with Gasteiger partial charge in [0.15, 0.2) is 0 Å². The summed E-state index contributed by atoms with van der Waals surface area (Å²) in [5.74, 6) is -0.215. The van der Waals surface area contributed by atoms with Gasteiger partial charge in [0.1, 0.15) is 13.2 Å². The minimum atomic E-state index is -4.60. The normalized spacial score (nSPS) is 14.7. The number of carbonyl (C=O) groups excluding carboxylic acids is 1. The molecule has 0 rings (SSSR count). The van der Waals surface area contributed by atoms with E-state index in [1.807, 2.05) is 40.2 Å². The summed E-state index contributed by atoms with van der Waals surface area (Å²) in [5.41, 5.74) is 0. The minimum absolute atomic E-state index is 0.0113. The van der Waals surface area contributed by atoms with E-state index in [1.165, 1.54) is 135 Å². The van der Waals surface area contributed by atoms with Crippen molar-refractivity contribution in [2.45, 2.75) is 244 Å². The molecule has 3 atom stereocenters. The fraction of sp³-hybridized carbons (Fsp3) is 0.721. The molecule has 0 aromatic rings. The maximum absolute atomic E-state index is 12.9. The molecule has 404 valence electrons. The van der Waals surface area contributed by atoms with Crippen LogP contribution in [0.25, 0.3) is 0 Å². The van der Waals surface area contributed by atoms with E-state index in [0.717, 1.165) is 77.0 Å². The molecule has 0 aliphatic heterocycles. The Morgan fingerprint density at radius 2 is 0.900 bits per heavy atom. The van der Waals surface area contributed by atoms with Gasteiger partial charge in [-0.1, -0.05) is 239 Å². The molecule has 70 heavy (non-hydrogen) atoms. The van der Waals surface area contributed by atoms with Gasteiger partial charge in [0.05, 0.1) is 39.9 Å². The third kappa shape index (κ3) is 53.2. The number of phosphoric ester groups is 1. The van der Waals surface area contributed by atoms with Crippen molar-refractivity contribution in [1.82, 2.24) is 5.32 Å². The zero-order valence-corrected chi connectivity index (χ0v) is 46.8. The molecular formula is C61H109N2O6P. The van der Waals surface area contributed by atoms with Crippen molar-refractivity contribution in [2.24, 2.45) is 0 Å². The number of hydrogen-bond acceptors (Lipinski definition) is 6. The van der Waals surface area contributed by atoms with Gasteiger partial charge in [-0.3, -0.25) is 9.36 Å². The molecule has 0 spiro atoms. The summed E-state index contributed by atoms with van der Waals surface area (Å²) < 4.78 is 23.2. The molecule has 0 aliphatic carbocycles. The molecule has 0 aromatic heterocycles. The summed E-state index contributed by atoms with van der Waals surface area (Å²) in [5, 5.41) is 13.7. The molecule has 0 fully saturated rings. The zero-order valence-electron chi connectivity index (χ0n) is 45.9. The molecule has 0 aromatic carbocycles. The van der Waals surface area contributed by atoms with Crippen molar-refractivity contribution >= 4 is 13.7 Å². The second-order valence-corrected chi connectivity index (χ2v) is 21.7. The third-order valence-corrected chi connectivity index (χ3v) is 13.3. The van der Waals surface area contributed by atoms with E-state index in [-0.39, 0.29) is 12.5 Å². The average molecular weight is 998 g/mol. The van der Waals surface area contributed by atoms with Crippen molar-refractivity contribution in [2.75, 3.05) is 40.9 Å². The predicted molar refractivity (Wildman–Crippen MR) is 302 cm³/mol. The number of nitrogens with zero attached hydrogens (tertiary/aromatic N) is 1. The summed E-state index contributed by atoms with van der Waals surface area (Å²) in [6, 6.07) is -0.910. The van der Waals surface area contributed by atoms with Gasteiger partial charge in [-0.25, -0.2) is 0 Å². The van der Waals surface area contributed by atoms with Crippen LogP contribution in [0.2, 0.25) is 0 Å². The molecular weight excluding hydrogens is 888 g/mol. The molecule has 8 nitrogen and oxygen atoms in total. The third-order valence-electron chi connectivity index (χ3n) is 12.4. The van der Waals surface area contributed by atoms with Crippen LogP contribution >= 0.6 is 7.82 Å². The van der Waals surface area contributed by atoms with E-state index in [2.05, 4.69) is 91.2 Å². The first-order chi connectivity index (χ1) is 34.0. The van der Waals surface area contributed by atoms with Crippen molar-refractivity contribution in [3.63, 3.8) is 0 Å². The van der Waals surface area contributed by atoms with Crippen LogP contribution in [0.4, 0.5) is 0 Å². The van der Waals surface area contributed by atoms with Crippen molar-refractivity contribution in [3.8, 4) is 0 Å². The number of quaternary nitrogens is 1. The van der Waals surface area contributed by atoms with Gasteiger partial charge >= 0.3 is 0 Å². The Labute approximate surface area is 432 Å². The second-order valence-electron chi connectivity index (χ2n) is 20.3. The Hall–Kier alpha value is -2.58. The highest BCUT2D eigenvalue weighted by molar-refractivity contribution is 7.45. The van der Waals surface area contributed by atoms with Crippen LogP contribution in [0.5, 0.6) is 0 Å². The average Bonchev–Trinajstić information content (AvgIpc) is 3.32. The van der Waals surface area contributed by atoms with Gasteiger partial charge in [-0.05, 0) is 84.0 Å². The van der Waals surface area contributed by atoms with Gasteiger partial charge in [-0.15, -0.1) is 0 Å². The van der Waals surface area contributed by atoms with E-state index < -0.39 is 26.6 Å². The topological polar surface area (TPSA) is 108 Å². The van der Waals surface area contributed by atoms with Crippen LogP contribution in [0.15, 0.2) is 97.2 Å². The molecule has 0 aliphatic rings. The zero-order chi connectivity index (χ0) is 51.3. The lowest BCUT2D eigenvalue weighted by molar-refractivity contribution is -0.870. The number of allylic oxidation sites excluding steroid dienone is 15. The number of rotatable bonds is 51. The van der Waals surface area contributed by atoms with Crippen LogP contribution in [-0.2, 0) is 18.4 Å². The number of aliphatic hydroxyl groups is 1. The molecule has 9 heteroatoms. The molecule has 0 bridgehead atoms. The van der Waals surface area contributed by atoms with E-state index in [9.17, 15) is 19.4 Å². The number of unbranched alkanes of at least 4 members (excludes halogenated alkanes) is 25. The van der Waals surface area contributed by atoms with Gasteiger partial charge in [-0.2, -0.15) is 0 Å². The van der Waals surface area contributed by atoms with E-state index >= 15 is 0 Å².